The molecule has 0 aliphatic carbocycles. The van der Waals surface area contributed by atoms with Crippen molar-refractivity contribution >= 4 is 38.0 Å². The maximum Gasteiger partial charge on any atom is 0.339 e. The minimum absolute atomic E-state index is 0.0299. The second kappa shape index (κ2) is 10.3. The number of carbonyl (C=O) groups is 2. The monoisotopic (exact) mass is 557 g/mol. The maximum atomic E-state index is 12.8. The zero-order valence-corrected chi connectivity index (χ0v) is 21.3. The largest absolute Gasteiger partial charge is 0.463 e. The quantitative estimate of drug-likeness (QED) is 0.372. The first-order chi connectivity index (χ1) is 15.9. The van der Waals surface area contributed by atoms with Crippen molar-refractivity contribution in [3.63, 3.8) is 0 Å². The van der Waals surface area contributed by atoms with Gasteiger partial charge in [-0.15, -0.1) is 0 Å². The third-order valence-corrected chi connectivity index (χ3v) is 6.75. The molecule has 1 fully saturated rings. The number of halogens is 1. The number of aryl methyl sites for hydroxylation is 2. The van der Waals surface area contributed by atoms with Gasteiger partial charge in [-0.05, 0) is 53.0 Å². The fraction of sp³-hybridized carbons (Fsp3) is 0.409. The van der Waals surface area contributed by atoms with Crippen LogP contribution in [0.1, 0.15) is 37.6 Å². The molecule has 1 aromatic heterocycles. The third-order valence-electron chi connectivity index (χ3n) is 4.94. The van der Waals surface area contributed by atoms with E-state index in [0.717, 1.165) is 17.2 Å². The second-order valence-corrected chi connectivity index (χ2v) is 10.3. The summed E-state index contributed by atoms with van der Waals surface area (Å²) in [6.45, 7) is 5.85. The molecule has 184 valence electrons. The van der Waals surface area contributed by atoms with Crippen molar-refractivity contribution in [3.8, 4) is 5.75 Å². The smallest absolute Gasteiger partial charge is 0.339 e. The number of nitrogens with zero attached hydrogens (tertiary/aromatic N) is 1. The molecule has 3 unspecified atom stereocenters. The summed E-state index contributed by atoms with van der Waals surface area (Å²) in [5.74, 6) is -1.26. The summed E-state index contributed by atoms with van der Waals surface area (Å²) in [5, 5.41) is 0. The SMILES string of the molecule is CC(=O)OCC1OC(n2cc(Br)c(OS(=O)(=O)c3cc(C)cc(C)c3)cc2=O)CC1OC(C)=O. The van der Waals surface area contributed by atoms with Gasteiger partial charge in [-0.25, -0.2) is 0 Å². The number of carbonyl (C=O) groups excluding carboxylic acids is 2. The van der Waals surface area contributed by atoms with Gasteiger partial charge >= 0.3 is 22.1 Å². The molecule has 3 atom stereocenters. The van der Waals surface area contributed by atoms with Crippen molar-refractivity contribution in [2.24, 2.45) is 0 Å². The van der Waals surface area contributed by atoms with Crippen LogP contribution < -0.4 is 9.74 Å². The molecule has 1 aromatic carbocycles. The van der Waals surface area contributed by atoms with Gasteiger partial charge in [0, 0.05) is 32.5 Å². The van der Waals surface area contributed by atoms with Crippen LogP contribution in [0.2, 0.25) is 0 Å². The highest BCUT2D eigenvalue weighted by Crippen LogP contribution is 2.33. The van der Waals surface area contributed by atoms with Crippen LogP contribution >= 0.6 is 15.9 Å². The molecule has 0 spiro atoms. The van der Waals surface area contributed by atoms with Gasteiger partial charge in [0.1, 0.15) is 29.9 Å². The third kappa shape index (κ3) is 6.24. The standard InChI is InChI=1S/C22H24BrNO9S/c1-12-5-13(2)7-16(6-12)34(28,29)33-18-8-21(27)24(10-17(18)23)22-9-19(31-15(4)26)20(32-22)11-30-14(3)25/h5-8,10,19-20,22H,9,11H2,1-4H3. The second-order valence-electron chi connectivity index (χ2n) is 7.91. The molecule has 1 saturated heterocycles. The summed E-state index contributed by atoms with van der Waals surface area (Å²) in [5.41, 5.74) is 0.898. The average Bonchev–Trinajstić information content (AvgIpc) is 3.09. The fourth-order valence-corrected chi connectivity index (χ4v) is 5.25. The maximum absolute atomic E-state index is 12.8. The molecule has 10 nitrogen and oxygen atoms in total. The van der Waals surface area contributed by atoms with Gasteiger partial charge < -0.3 is 18.4 Å². The van der Waals surface area contributed by atoms with E-state index in [1.54, 1.807) is 13.8 Å². The van der Waals surface area contributed by atoms with Crippen LogP contribution in [0.15, 0.2) is 44.6 Å². The lowest BCUT2D eigenvalue weighted by Gasteiger charge is -2.18. The molecule has 0 bridgehead atoms. The summed E-state index contributed by atoms with van der Waals surface area (Å²) >= 11 is 3.24. The first-order valence-electron chi connectivity index (χ1n) is 10.3. The summed E-state index contributed by atoms with van der Waals surface area (Å²) in [6.07, 6.45) is -0.909. The van der Waals surface area contributed by atoms with E-state index in [-0.39, 0.29) is 28.1 Å². The lowest BCUT2D eigenvalue weighted by molar-refractivity contribution is -0.155. The highest BCUT2D eigenvalue weighted by Gasteiger charge is 2.39. The van der Waals surface area contributed by atoms with E-state index in [9.17, 15) is 22.8 Å². The van der Waals surface area contributed by atoms with Gasteiger partial charge in [0.2, 0.25) is 0 Å². The van der Waals surface area contributed by atoms with Crippen LogP contribution in [0.25, 0.3) is 0 Å². The van der Waals surface area contributed by atoms with Crippen LogP contribution in [0.3, 0.4) is 0 Å². The summed E-state index contributed by atoms with van der Waals surface area (Å²) < 4.78 is 48.2. The van der Waals surface area contributed by atoms with Gasteiger partial charge in [0.15, 0.2) is 5.75 Å². The normalized spacial score (nSPS) is 20.1. The molecule has 0 amide bonds. The van der Waals surface area contributed by atoms with Crippen LogP contribution in [0, 0.1) is 13.8 Å². The summed E-state index contributed by atoms with van der Waals surface area (Å²) in [4.78, 5) is 35.4. The molecule has 2 heterocycles. The molecule has 1 aliphatic rings. The first-order valence-corrected chi connectivity index (χ1v) is 12.5. The van der Waals surface area contributed by atoms with Gasteiger partial charge in [-0.3, -0.25) is 19.0 Å². The Hall–Kier alpha value is -2.70. The van der Waals surface area contributed by atoms with Gasteiger partial charge in [0.25, 0.3) is 5.56 Å². The van der Waals surface area contributed by atoms with Crippen molar-refractivity contribution in [1.29, 1.82) is 0 Å². The highest BCUT2D eigenvalue weighted by molar-refractivity contribution is 9.10. The van der Waals surface area contributed by atoms with Gasteiger partial charge in [0.05, 0.1) is 4.47 Å². The Balaban J connectivity index is 1.85. The van der Waals surface area contributed by atoms with Crippen molar-refractivity contribution < 1.29 is 36.4 Å². The van der Waals surface area contributed by atoms with Crippen LogP contribution in [0.4, 0.5) is 0 Å². The average molecular weight is 558 g/mol. The molecule has 12 heteroatoms. The minimum Gasteiger partial charge on any atom is -0.463 e. The van der Waals surface area contributed by atoms with Crippen molar-refractivity contribution in [3.05, 3.63) is 56.4 Å². The lowest BCUT2D eigenvalue weighted by Crippen LogP contribution is -2.31. The van der Waals surface area contributed by atoms with E-state index in [2.05, 4.69) is 15.9 Å². The number of pyridine rings is 1. The Morgan fingerprint density at radius 3 is 2.35 bits per heavy atom. The predicted octanol–water partition coefficient (Wildman–Crippen LogP) is 2.78. The zero-order valence-electron chi connectivity index (χ0n) is 18.9. The number of aromatic nitrogens is 1. The van der Waals surface area contributed by atoms with E-state index in [1.807, 2.05) is 6.07 Å². The van der Waals surface area contributed by atoms with Gasteiger partial charge in [-0.1, -0.05) is 6.07 Å². The molecule has 2 aromatic rings. The van der Waals surface area contributed by atoms with E-state index in [1.165, 1.54) is 36.7 Å². The van der Waals surface area contributed by atoms with Crippen molar-refractivity contribution in [2.75, 3.05) is 6.61 Å². The molecular weight excluding hydrogens is 534 g/mol. The summed E-state index contributed by atoms with van der Waals surface area (Å²) in [6, 6.07) is 5.80. The molecule has 0 saturated carbocycles. The number of esters is 2. The lowest BCUT2D eigenvalue weighted by atomic mass is 10.2. The molecule has 0 radical (unpaired) electrons. The minimum atomic E-state index is -4.19. The Labute approximate surface area is 205 Å². The number of rotatable bonds is 7. The number of hydrogen-bond acceptors (Lipinski definition) is 9. The highest BCUT2D eigenvalue weighted by atomic mass is 79.9. The van der Waals surface area contributed by atoms with Crippen molar-refractivity contribution in [2.45, 2.75) is 57.4 Å². The first kappa shape index (κ1) is 25.9. The van der Waals surface area contributed by atoms with Gasteiger partial charge in [-0.2, -0.15) is 8.42 Å². The van der Waals surface area contributed by atoms with E-state index < -0.39 is 46.1 Å². The van der Waals surface area contributed by atoms with Crippen LogP contribution in [-0.4, -0.2) is 43.7 Å². The van der Waals surface area contributed by atoms with Crippen LogP contribution in [-0.2, 0) is 33.9 Å². The van der Waals surface area contributed by atoms with Crippen LogP contribution in [0.5, 0.6) is 5.75 Å². The van der Waals surface area contributed by atoms with E-state index >= 15 is 0 Å². The van der Waals surface area contributed by atoms with E-state index in [0.29, 0.717) is 0 Å². The molecule has 3 rings (SSSR count). The van der Waals surface area contributed by atoms with Crippen molar-refractivity contribution in [1.82, 2.24) is 4.57 Å². The Bertz CT molecular complexity index is 1250. The molecule has 34 heavy (non-hydrogen) atoms. The number of hydrogen-bond donors (Lipinski definition) is 0. The Morgan fingerprint density at radius 1 is 1.12 bits per heavy atom. The van der Waals surface area contributed by atoms with E-state index in [4.69, 9.17) is 18.4 Å². The Kier molecular flexibility index (Phi) is 7.84. The summed E-state index contributed by atoms with van der Waals surface area (Å²) in [7, 11) is -4.19. The zero-order chi connectivity index (χ0) is 25.2. The predicted molar refractivity (Wildman–Crippen MR) is 123 cm³/mol. The number of benzene rings is 1. The Morgan fingerprint density at radius 2 is 1.76 bits per heavy atom. The molecule has 1 aliphatic heterocycles. The topological polar surface area (TPSA) is 127 Å². The number of ether oxygens (including phenoxy) is 3. The molecular formula is C22H24BrNO9S. The molecule has 0 N–H and O–H groups in total. The fourth-order valence-electron chi connectivity index (χ4n) is 3.60.